The van der Waals surface area contributed by atoms with E-state index in [9.17, 15) is 90.5 Å². The maximum atomic E-state index is 13.7. The number of phosphoric acid groups is 6. The number of aromatic amines is 2. The predicted octanol–water partition coefficient (Wildman–Crippen LogP) is -4.37. The first-order valence-electron chi connectivity index (χ1n) is 16.4. The van der Waals surface area contributed by atoms with E-state index < -0.39 is 143 Å². The first-order chi connectivity index (χ1) is 29.1. The number of aromatic nitrogens is 6. The first-order valence-corrected chi connectivity index (χ1v) is 25.4. The van der Waals surface area contributed by atoms with E-state index in [1.807, 2.05) is 0 Å². The van der Waals surface area contributed by atoms with Gasteiger partial charge in [-0.3, -0.25) is 28.6 Å². The summed E-state index contributed by atoms with van der Waals surface area (Å²) in [5.74, 6) is 0. The van der Waals surface area contributed by atoms with Crippen LogP contribution in [0.3, 0.4) is 0 Å². The number of aliphatic hydroxyl groups is 4. The molecule has 2 aromatic rings. The van der Waals surface area contributed by atoms with E-state index in [0.29, 0.717) is 12.4 Å². The maximum Gasteiger partial charge on any atom is 0.490 e. The summed E-state index contributed by atoms with van der Waals surface area (Å²) >= 11 is 0. The molecule has 13 atom stereocenters. The van der Waals surface area contributed by atoms with Crippen LogP contribution in [0.5, 0.6) is 0 Å². The summed E-state index contributed by atoms with van der Waals surface area (Å²) in [6, 6.07) is 0. The van der Waals surface area contributed by atoms with Gasteiger partial charge in [0.2, 0.25) is 0 Å². The fourth-order valence-electron chi connectivity index (χ4n) is 5.52. The van der Waals surface area contributed by atoms with E-state index in [0.717, 1.165) is 20.8 Å². The Labute approximate surface area is 355 Å². The highest BCUT2D eigenvalue weighted by Crippen LogP contribution is 2.68. The molecular weight excluding hydrogens is 1040 g/mol. The van der Waals surface area contributed by atoms with Gasteiger partial charge in [-0.1, -0.05) is 0 Å². The highest BCUT2D eigenvalue weighted by atomic mass is 31.3. The van der Waals surface area contributed by atoms with Gasteiger partial charge in [-0.05, 0) is 20.8 Å². The van der Waals surface area contributed by atoms with Gasteiger partial charge in [0.25, 0.3) is 11.1 Å². The largest absolute Gasteiger partial charge is 0.490 e. The third-order valence-corrected chi connectivity index (χ3v) is 16.0. The molecule has 2 fully saturated rings. The van der Waals surface area contributed by atoms with Gasteiger partial charge in [0.1, 0.15) is 55.8 Å². The second kappa shape index (κ2) is 19.9. The number of alkyl halides is 2. The molecule has 0 bridgehead atoms. The zero-order valence-electron chi connectivity index (χ0n) is 32.1. The third kappa shape index (κ3) is 14.6. The maximum absolute atomic E-state index is 13.7. The predicted molar refractivity (Wildman–Crippen MR) is 193 cm³/mol. The van der Waals surface area contributed by atoms with Crippen molar-refractivity contribution in [3.05, 3.63) is 54.1 Å². The van der Waals surface area contributed by atoms with E-state index in [4.69, 9.17) is 33.9 Å². The van der Waals surface area contributed by atoms with Crippen LogP contribution in [0.2, 0.25) is 0 Å². The summed E-state index contributed by atoms with van der Waals surface area (Å²) in [6.07, 6.45) is -13.3. The van der Waals surface area contributed by atoms with Gasteiger partial charge in [0.15, 0.2) is 23.7 Å². The average molecular weight is 1080 g/mol. The molecule has 0 spiro atoms. The zero-order valence-corrected chi connectivity index (χ0v) is 37.4. The lowest BCUT2D eigenvalue weighted by Crippen LogP contribution is -2.54. The van der Waals surface area contributed by atoms with Gasteiger partial charge in [0, 0.05) is 0 Å². The molecular formula is C21H36F2N6O30P6. The van der Waals surface area contributed by atoms with E-state index in [-0.39, 0.29) is 9.36 Å². The van der Waals surface area contributed by atoms with Crippen LogP contribution in [0, 0.1) is 0 Å². The van der Waals surface area contributed by atoms with Crippen molar-refractivity contribution >= 4 is 46.9 Å². The Bertz CT molecular complexity index is 2600. The van der Waals surface area contributed by atoms with Gasteiger partial charge in [-0.15, -0.1) is 0 Å². The molecule has 0 radical (unpaired) electrons. The lowest BCUT2D eigenvalue weighted by atomic mass is 9.88. The Balaban J connectivity index is 0.000000345. The van der Waals surface area contributed by atoms with Crippen molar-refractivity contribution in [2.24, 2.45) is 0 Å². The molecule has 6 unspecified atom stereocenters. The highest BCUT2D eigenvalue weighted by Gasteiger charge is 2.63. The topological polar surface area (TPSA) is 555 Å². The quantitative estimate of drug-likeness (QED) is 0.0627. The molecule has 44 heteroatoms. The molecule has 14 N–H and O–H groups in total. The van der Waals surface area contributed by atoms with Crippen molar-refractivity contribution in [1.82, 2.24) is 29.5 Å². The summed E-state index contributed by atoms with van der Waals surface area (Å²) in [4.78, 5) is 121. The monoisotopic (exact) mass is 1080 g/mol. The van der Waals surface area contributed by atoms with E-state index in [1.165, 1.54) is 0 Å². The molecule has 374 valence electrons. The molecule has 2 aromatic heterocycles. The standard InChI is InChI=1S/C11H19FN3O15P3.C10H17FN3O15P3/c1-10(2,28-32(23,24)30-33(25,26)29-31(20,21)22)7-6(17)11(19,4-12)8(27-7)15-9(18)14-5(16)3-13-15;1-4(27-31(22,23)29-32(24,25)28-30(19,20)21)6-7(16)10(18,3-11)8(26-6)14-9(17)13-5(15)2-12-14/h3,6-8,17,19H,4H2,1-2H3,(H,23,24)(H,25,26)(H,14,16,18)(H2,20,21,22);2,4,6-8,16,18H,3H2,1H3,(H,22,23)(H,24,25)(H,13,15,17)(H2,19,20,21)/t6-,7-,8+,11?;4-,6-,7+,8-,10?/m01/s1. The number of ether oxygens (including phenoxy) is 2. The second-order valence-electron chi connectivity index (χ2n) is 13.5. The second-order valence-corrected chi connectivity index (χ2v) is 22.2. The fourth-order valence-corrected chi connectivity index (χ4v) is 12.1. The molecule has 2 aliphatic rings. The van der Waals surface area contributed by atoms with Crippen LogP contribution in [0.4, 0.5) is 8.78 Å². The Kier molecular flexibility index (Phi) is 17.5. The van der Waals surface area contributed by atoms with Gasteiger partial charge in [-0.25, -0.2) is 45.8 Å². The average Bonchev–Trinajstić information content (AvgIpc) is 3.50. The van der Waals surface area contributed by atoms with Crippen molar-refractivity contribution in [2.45, 2.75) is 80.5 Å². The number of hydrogen-bond acceptors (Lipinski definition) is 24. The van der Waals surface area contributed by atoms with Crippen LogP contribution in [0.15, 0.2) is 31.6 Å². The Morgan fingerprint density at radius 1 is 0.692 bits per heavy atom. The molecule has 0 aromatic carbocycles. The SMILES string of the molecule is CC(C)(OP(=O)(O)OP(=O)(O)OP(=O)(O)O)[C@H]1O[C@@H](n2ncc(=O)[nH]c2=O)C(O)(CF)[C@H]1O.C[C@@H](OP(=O)(O)OP(=O)(O)OP(=O)(O)O)[C@H]1O[C@@H](n2ncc(=O)[nH]c2=O)C(O)(CF)[C@H]1O. The highest BCUT2D eigenvalue weighted by molar-refractivity contribution is 7.67. The fraction of sp³-hybridized carbons (Fsp3) is 0.714. The van der Waals surface area contributed by atoms with E-state index in [2.05, 4.69) is 36.5 Å². The Morgan fingerprint density at radius 3 is 1.46 bits per heavy atom. The van der Waals surface area contributed by atoms with Gasteiger partial charge in [0.05, 0.1) is 6.10 Å². The van der Waals surface area contributed by atoms with Crippen LogP contribution in [0.1, 0.15) is 33.2 Å². The molecule has 36 nitrogen and oxygen atoms in total. The normalized spacial score (nSPS) is 30.5. The molecule has 4 rings (SSSR count). The number of hydrogen-bond donors (Lipinski definition) is 14. The van der Waals surface area contributed by atoms with Crippen LogP contribution in [-0.4, -0.2) is 150 Å². The van der Waals surface area contributed by atoms with Crippen LogP contribution in [-0.2, 0) is 63.2 Å². The number of phosphoric ester groups is 2. The Morgan fingerprint density at radius 2 is 1.08 bits per heavy atom. The summed E-state index contributed by atoms with van der Waals surface area (Å²) in [6.45, 7) is -0.804. The van der Waals surface area contributed by atoms with Crippen molar-refractivity contribution in [3.63, 3.8) is 0 Å². The van der Waals surface area contributed by atoms with Crippen molar-refractivity contribution in [1.29, 1.82) is 0 Å². The molecule has 4 heterocycles. The number of aliphatic hydroxyl groups excluding tert-OH is 2. The molecule has 0 saturated carbocycles. The van der Waals surface area contributed by atoms with Crippen LogP contribution < -0.4 is 22.5 Å². The van der Waals surface area contributed by atoms with Crippen molar-refractivity contribution < 1.29 is 132 Å². The Hall–Kier alpha value is -2.34. The summed E-state index contributed by atoms with van der Waals surface area (Å²) < 4.78 is 130. The van der Waals surface area contributed by atoms with Crippen LogP contribution >= 0.6 is 46.9 Å². The first kappa shape index (κ1) is 57.0. The third-order valence-electron chi connectivity index (χ3n) is 8.02. The van der Waals surface area contributed by atoms with Gasteiger partial charge < -0.3 is 69.0 Å². The minimum atomic E-state index is -5.87. The van der Waals surface area contributed by atoms with Gasteiger partial charge >= 0.3 is 58.3 Å². The molecule has 0 amide bonds. The number of nitrogens with zero attached hydrogens (tertiary/aromatic N) is 4. The summed E-state index contributed by atoms with van der Waals surface area (Å²) in [5, 5.41) is 48.5. The number of H-pyrrole nitrogens is 2. The number of nitrogens with one attached hydrogen (secondary N) is 2. The van der Waals surface area contributed by atoms with E-state index in [1.54, 1.807) is 9.97 Å². The minimum absolute atomic E-state index is 0.266. The molecule has 0 aliphatic carbocycles. The van der Waals surface area contributed by atoms with Crippen molar-refractivity contribution in [3.8, 4) is 0 Å². The van der Waals surface area contributed by atoms with E-state index >= 15 is 0 Å². The number of halogens is 2. The van der Waals surface area contributed by atoms with Gasteiger partial charge in [-0.2, -0.15) is 36.8 Å². The molecule has 2 aliphatic heterocycles. The summed E-state index contributed by atoms with van der Waals surface area (Å²) in [7, 11) is -34.4. The smallest absolute Gasteiger partial charge is 0.387 e. The zero-order chi connectivity index (χ0) is 50.3. The molecule has 2 saturated heterocycles. The molecule has 65 heavy (non-hydrogen) atoms. The van der Waals surface area contributed by atoms with Crippen molar-refractivity contribution in [2.75, 3.05) is 13.3 Å². The lowest BCUT2D eigenvalue weighted by Gasteiger charge is -2.34. The lowest BCUT2D eigenvalue weighted by molar-refractivity contribution is -0.134. The summed E-state index contributed by atoms with van der Waals surface area (Å²) in [5.41, 5.74) is -12.5. The minimum Gasteiger partial charge on any atom is -0.387 e. The number of rotatable bonds is 18. The van der Waals surface area contributed by atoms with Crippen LogP contribution in [0.25, 0.3) is 0 Å².